The lowest BCUT2D eigenvalue weighted by atomic mass is 10.1. The van der Waals surface area contributed by atoms with E-state index >= 15 is 0 Å². The monoisotopic (exact) mass is 301 g/mol. The van der Waals surface area contributed by atoms with Crippen LogP contribution in [0.2, 0.25) is 0 Å². The summed E-state index contributed by atoms with van der Waals surface area (Å²) in [5.41, 5.74) is 3.17. The zero-order valence-electron chi connectivity index (χ0n) is 13.2. The Bertz CT molecular complexity index is 573. The number of anilines is 1. The van der Waals surface area contributed by atoms with Gasteiger partial charge in [0.2, 0.25) is 11.8 Å². The SMILES string of the molecule is Cc1cc(C)cc(N2CCC(C(=O)NC3CCNC3)C2=O)c1. The first-order valence-corrected chi connectivity index (χ1v) is 7.95. The lowest BCUT2D eigenvalue weighted by molar-refractivity contribution is -0.132. The second kappa shape index (κ2) is 6.08. The van der Waals surface area contributed by atoms with Crippen LogP contribution >= 0.6 is 0 Å². The molecule has 0 spiro atoms. The standard InChI is InChI=1S/C17H23N3O2/c1-11-7-12(2)9-14(8-11)20-6-4-15(17(20)22)16(21)19-13-3-5-18-10-13/h7-9,13,15,18H,3-6,10H2,1-2H3,(H,19,21). The fourth-order valence-corrected chi connectivity index (χ4v) is 3.37. The number of hydrogen-bond donors (Lipinski definition) is 2. The lowest BCUT2D eigenvalue weighted by Gasteiger charge is -2.19. The summed E-state index contributed by atoms with van der Waals surface area (Å²) >= 11 is 0. The summed E-state index contributed by atoms with van der Waals surface area (Å²) < 4.78 is 0. The van der Waals surface area contributed by atoms with Gasteiger partial charge in [-0.15, -0.1) is 0 Å². The van der Waals surface area contributed by atoms with E-state index in [0.29, 0.717) is 13.0 Å². The Morgan fingerprint density at radius 2 is 1.95 bits per heavy atom. The van der Waals surface area contributed by atoms with Gasteiger partial charge in [0.1, 0.15) is 5.92 Å². The van der Waals surface area contributed by atoms with Crippen molar-refractivity contribution in [2.45, 2.75) is 32.7 Å². The maximum absolute atomic E-state index is 12.6. The highest BCUT2D eigenvalue weighted by Crippen LogP contribution is 2.27. The van der Waals surface area contributed by atoms with Crippen LogP contribution in [0.25, 0.3) is 0 Å². The quantitative estimate of drug-likeness (QED) is 0.823. The normalized spacial score (nSPS) is 24.8. The van der Waals surface area contributed by atoms with Crippen LogP contribution in [0.3, 0.4) is 0 Å². The third-order valence-corrected chi connectivity index (χ3v) is 4.45. The van der Waals surface area contributed by atoms with Gasteiger partial charge >= 0.3 is 0 Å². The lowest BCUT2D eigenvalue weighted by Crippen LogP contribution is -2.42. The molecule has 0 saturated carbocycles. The Kier molecular flexibility index (Phi) is 4.16. The molecule has 5 nitrogen and oxygen atoms in total. The van der Waals surface area contributed by atoms with E-state index in [1.165, 1.54) is 0 Å². The number of aryl methyl sites for hydroxylation is 2. The fourth-order valence-electron chi connectivity index (χ4n) is 3.37. The maximum Gasteiger partial charge on any atom is 0.239 e. The summed E-state index contributed by atoms with van der Waals surface area (Å²) in [6.07, 6.45) is 1.53. The van der Waals surface area contributed by atoms with Crippen LogP contribution in [-0.4, -0.2) is 37.5 Å². The van der Waals surface area contributed by atoms with Crippen LogP contribution in [0.5, 0.6) is 0 Å². The van der Waals surface area contributed by atoms with Gasteiger partial charge in [0, 0.05) is 24.8 Å². The van der Waals surface area contributed by atoms with E-state index in [1.54, 1.807) is 4.90 Å². The Labute approximate surface area is 131 Å². The molecule has 22 heavy (non-hydrogen) atoms. The molecule has 2 heterocycles. The van der Waals surface area contributed by atoms with Gasteiger partial charge in [-0.2, -0.15) is 0 Å². The summed E-state index contributed by atoms with van der Waals surface area (Å²) in [7, 11) is 0. The van der Waals surface area contributed by atoms with Gasteiger partial charge in [-0.3, -0.25) is 9.59 Å². The van der Waals surface area contributed by atoms with Crippen LogP contribution in [0.4, 0.5) is 5.69 Å². The molecule has 2 aliphatic heterocycles. The predicted octanol–water partition coefficient (Wildman–Crippen LogP) is 1.13. The topological polar surface area (TPSA) is 61.4 Å². The average Bonchev–Trinajstić information content (AvgIpc) is 3.07. The number of amides is 2. The Morgan fingerprint density at radius 1 is 1.23 bits per heavy atom. The number of carbonyl (C=O) groups excluding carboxylic acids is 2. The molecule has 2 N–H and O–H groups in total. The average molecular weight is 301 g/mol. The number of nitrogens with zero attached hydrogens (tertiary/aromatic N) is 1. The summed E-state index contributed by atoms with van der Waals surface area (Å²) in [6.45, 7) is 6.39. The summed E-state index contributed by atoms with van der Waals surface area (Å²) in [5.74, 6) is -0.736. The number of hydrogen-bond acceptors (Lipinski definition) is 3. The molecule has 2 saturated heterocycles. The van der Waals surface area contributed by atoms with Gasteiger partial charge in [-0.05, 0) is 56.5 Å². The number of rotatable bonds is 3. The second-order valence-electron chi connectivity index (χ2n) is 6.38. The minimum Gasteiger partial charge on any atom is -0.351 e. The van der Waals surface area contributed by atoms with Crippen LogP contribution in [0.15, 0.2) is 18.2 Å². The van der Waals surface area contributed by atoms with Crippen molar-refractivity contribution in [2.24, 2.45) is 5.92 Å². The highest BCUT2D eigenvalue weighted by Gasteiger charge is 2.38. The Morgan fingerprint density at radius 3 is 2.59 bits per heavy atom. The molecule has 0 radical (unpaired) electrons. The molecule has 1 aromatic carbocycles. The highest BCUT2D eigenvalue weighted by molar-refractivity contribution is 6.09. The van der Waals surface area contributed by atoms with E-state index in [-0.39, 0.29) is 17.9 Å². The van der Waals surface area contributed by atoms with E-state index in [9.17, 15) is 9.59 Å². The highest BCUT2D eigenvalue weighted by atomic mass is 16.2. The van der Waals surface area contributed by atoms with Crippen molar-refractivity contribution < 1.29 is 9.59 Å². The van der Waals surface area contributed by atoms with Gasteiger partial charge in [0.15, 0.2) is 0 Å². The molecule has 2 atom stereocenters. The smallest absolute Gasteiger partial charge is 0.239 e. The van der Waals surface area contributed by atoms with E-state index < -0.39 is 5.92 Å². The van der Waals surface area contributed by atoms with E-state index in [0.717, 1.165) is 36.3 Å². The van der Waals surface area contributed by atoms with E-state index in [2.05, 4.69) is 16.7 Å². The molecule has 0 aliphatic carbocycles. The van der Waals surface area contributed by atoms with Gasteiger partial charge in [-0.1, -0.05) is 6.07 Å². The maximum atomic E-state index is 12.6. The van der Waals surface area contributed by atoms with Crippen molar-refractivity contribution in [3.05, 3.63) is 29.3 Å². The van der Waals surface area contributed by atoms with Crippen LogP contribution in [-0.2, 0) is 9.59 Å². The first kappa shape index (κ1) is 15.0. The molecule has 2 amide bonds. The van der Waals surface area contributed by atoms with Gasteiger partial charge in [0.05, 0.1) is 0 Å². The van der Waals surface area contributed by atoms with Crippen molar-refractivity contribution in [1.29, 1.82) is 0 Å². The van der Waals surface area contributed by atoms with Gasteiger partial charge in [-0.25, -0.2) is 0 Å². The van der Waals surface area contributed by atoms with Crippen LogP contribution in [0.1, 0.15) is 24.0 Å². The van der Waals surface area contributed by atoms with Crippen LogP contribution in [0, 0.1) is 19.8 Å². The molecule has 1 aromatic rings. The molecular weight excluding hydrogens is 278 g/mol. The van der Waals surface area contributed by atoms with E-state index in [1.807, 2.05) is 26.0 Å². The number of carbonyl (C=O) groups is 2. The molecule has 0 aromatic heterocycles. The third-order valence-electron chi connectivity index (χ3n) is 4.45. The molecule has 3 rings (SSSR count). The molecule has 2 aliphatic rings. The summed E-state index contributed by atoms with van der Waals surface area (Å²) in [6, 6.07) is 6.26. The number of benzene rings is 1. The van der Waals surface area contributed by atoms with Crippen molar-refractivity contribution in [3.8, 4) is 0 Å². The number of nitrogens with one attached hydrogen (secondary N) is 2. The van der Waals surface area contributed by atoms with Crippen molar-refractivity contribution in [2.75, 3.05) is 24.5 Å². The zero-order chi connectivity index (χ0) is 15.7. The van der Waals surface area contributed by atoms with Gasteiger partial charge in [0.25, 0.3) is 0 Å². The molecule has 2 fully saturated rings. The van der Waals surface area contributed by atoms with Gasteiger partial charge < -0.3 is 15.5 Å². The second-order valence-corrected chi connectivity index (χ2v) is 6.38. The Hall–Kier alpha value is -1.88. The van der Waals surface area contributed by atoms with Crippen molar-refractivity contribution >= 4 is 17.5 Å². The summed E-state index contributed by atoms with van der Waals surface area (Å²) in [4.78, 5) is 26.7. The minimum absolute atomic E-state index is 0.0755. The molecule has 2 unspecified atom stereocenters. The zero-order valence-corrected chi connectivity index (χ0v) is 13.2. The molecule has 0 bridgehead atoms. The molecule has 5 heteroatoms. The third kappa shape index (κ3) is 2.99. The molecule has 118 valence electrons. The van der Waals surface area contributed by atoms with E-state index in [4.69, 9.17) is 0 Å². The fraction of sp³-hybridized carbons (Fsp3) is 0.529. The first-order chi connectivity index (χ1) is 10.5. The largest absolute Gasteiger partial charge is 0.351 e. The van der Waals surface area contributed by atoms with Crippen molar-refractivity contribution in [1.82, 2.24) is 10.6 Å². The van der Waals surface area contributed by atoms with Crippen molar-refractivity contribution in [3.63, 3.8) is 0 Å². The molecular formula is C17H23N3O2. The minimum atomic E-state index is -0.540. The van der Waals surface area contributed by atoms with Crippen LogP contribution < -0.4 is 15.5 Å². The first-order valence-electron chi connectivity index (χ1n) is 7.95. The predicted molar refractivity (Wildman–Crippen MR) is 85.8 cm³/mol. The Balaban J connectivity index is 1.70. The summed E-state index contributed by atoms with van der Waals surface area (Å²) in [5, 5.41) is 6.21.